The lowest BCUT2D eigenvalue weighted by Crippen LogP contribution is -2.35. The zero-order valence-corrected chi connectivity index (χ0v) is 18.0. The van der Waals surface area contributed by atoms with E-state index in [1.54, 1.807) is 17.6 Å². The van der Waals surface area contributed by atoms with Crippen LogP contribution in [0.25, 0.3) is 0 Å². The molecule has 0 saturated carbocycles. The smallest absolute Gasteiger partial charge is 0.340 e. The molecule has 0 spiro atoms. The minimum absolute atomic E-state index is 0.0360. The van der Waals surface area contributed by atoms with Gasteiger partial charge in [-0.3, -0.25) is 14.9 Å². The number of fused-ring (bicyclic) bond motifs is 1. The molecule has 9 nitrogen and oxygen atoms in total. The number of aromatic nitrogens is 1. The number of hydrogen-bond acceptors (Lipinski definition) is 7. The molecule has 2 aromatic carbocycles. The Bertz CT molecular complexity index is 1330. The second kappa shape index (κ2) is 8.62. The van der Waals surface area contributed by atoms with Crippen LogP contribution >= 0.6 is 0 Å². The van der Waals surface area contributed by atoms with Crippen molar-refractivity contribution in [3.05, 3.63) is 115 Å². The number of nitro groups is 1. The Hall–Kier alpha value is -4.40. The molecule has 9 heteroatoms. The van der Waals surface area contributed by atoms with Gasteiger partial charge in [0.05, 0.1) is 30.1 Å². The first-order valence-electron chi connectivity index (χ1n) is 10.1. The van der Waals surface area contributed by atoms with Crippen molar-refractivity contribution in [3.8, 4) is 5.75 Å². The number of methoxy groups -OCH3 is 1. The second-order valence-corrected chi connectivity index (χ2v) is 7.59. The maximum absolute atomic E-state index is 13.7. The van der Waals surface area contributed by atoms with E-state index in [0.29, 0.717) is 17.8 Å². The monoisotopic (exact) mass is 447 g/mol. The molecule has 33 heavy (non-hydrogen) atoms. The van der Waals surface area contributed by atoms with E-state index < -0.39 is 16.8 Å². The van der Waals surface area contributed by atoms with Crippen molar-refractivity contribution < 1.29 is 19.2 Å². The summed E-state index contributed by atoms with van der Waals surface area (Å²) >= 11 is 0. The van der Waals surface area contributed by atoms with Gasteiger partial charge < -0.3 is 19.8 Å². The number of pyridine rings is 1. The lowest BCUT2D eigenvalue weighted by molar-refractivity contribution is -0.384. The van der Waals surface area contributed by atoms with Crippen molar-refractivity contribution in [3.63, 3.8) is 0 Å². The molecule has 1 atom stereocenters. The summed E-state index contributed by atoms with van der Waals surface area (Å²) in [6, 6.07) is 16.8. The standard InChI is InChI=1S/C24H21N3O6/c1-14-12-18-20(23(28)26(14)13-15-6-4-3-5-7-15)19(21(22(25)33-18)24(29)32-2)16-8-10-17(11-9-16)27(30)31/h3-12,19H,13,25H2,1-2H3. The third kappa shape index (κ3) is 3.96. The Morgan fingerprint density at radius 2 is 1.85 bits per heavy atom. The van der Waals surface area contributed by atoms with Gasteiger partial charge in [0.25, 0.3) is 11.2 Å². The maximum atomic E-state index is 13.7. The normalized spacial score (nSPS) is 14.9. The van der Waals surface area contributed by atoms with E-state index in [4.69, 9.17) is 15.2 Å². The van der Waals surface area contributed by atoms with Crippen molar-refractivity contribution in [1.29, 1.82) is 0 Å². The zero-order chi connectivity index (χ0) is 23.7. The van der Waals surface area contributed by atoms with Crippen LogP contribution in [0.3, 0.4) is 0 Å². The number of esters is 1. The summed E-state index contributed by atoms with van der Waals surface area (Å²) in [5.41, 5.74) is 7.83. The van der Waals surface area contributed by atoms with Gasteiger partial charge in [-0.1, -0.05) is 42.5 Å². The predicted octanol–water partition coefficient (Wildman–Crippen LogP) is 2.98. The molecule has 1 aliphatic rings. The van der Waals surface area contributed by atoms with E-state index in [0.717, 1.165) is 5.56 Å². The first kappa shape index (κ1) is 21.8. The lowest BCUT2D eigenvalue weighted by Gasteiger charge is -2.29. The Morgan fingerprint density at radius 1 is 1.18 bits per heavy atom. The summed E-state index contributed by atoms with van der Waals surface area (Å²) in [6.07, 6.45) is 0. The number of nitrogens with two attached hydrogens (primary N) is 1. The first-order chi connectivity index (χ1) is 15.8. The average molecular weight is 447 g/mol. The molecule has 1 aromatic heterocycles. The van der Waals surface area contributed by atoms with Gasteiger partial charge in [-0.05, 0) is 18.1 Å². The molecule has 2 N–H and O–H groups in total. The van der Waals surface area contributed by atoms with E-state index in [2.05, 4.69) is 0 Å². The molecule has 0 fully saturated rings. The average Bonchev–Trinajstić information content (AvgIpc) is 2.81. The van der Waals surface area contributed by atoms with Gasteiger partial charge in [-0.15, -0.1) is 0 Å². The number of carbonyl (C=O) groups excluding carboxylic acids is 1. The third-order valence-corrected chi connectivity index (χ3v) is 5.60. The number of aryl methyl sites for hydroxylation is 1. The molecule has 168 valence electrons. The van der Waals surface area contributed by atoms with Crippen molar-refractivity contribution in [2.45, 2.75) is 19.4 Å². The van der Waals surface area contributed by atoms with Crippen molar-refractivity contribution in [2.24, 2.45) is 5.73 Å². The lowest BCUT2D eigenvalue weighted by atomic mass is 9.83. The maximum Gasteiger partial charge on any atom is 0.340 e. The number of nitro benzene ring substituents is 1. The van der Waals surface area contributed by atoms with E-state index in [-0.39, 0.29) is 34.0 Å². The van der Waals surface area contributed by atoms with Gasteiger partial charge in [0, 0.05) is 23.9 Å². The highest BCUT2D eigenvalue weighted by atomic mass is 16.6. The Balaban J connectivity index is 1.93. The molecule has 0 aliphatic carbocycles. The minimum atomic E-state index is -0.919. The Kier molecular flexibility index (Phi) is 5.70. The molecular formula is C24H21N3O6. The van der Waals surface area contributed by atoms with Crippen LogP contribution in [0.5, 0.6) is 5.75 Å². The van der Waals surface area contributed by atoms with Crippen molar-refractivity contribution >= 4 is 11.7 Å². The number of benzene rings is 2. The summed E-state index contributed by atoms with van der Waals surface area (Å²) in [5, 5.41) is 11.1. The Labute approximate surface area is 188 Å². The van der Waals surface area contributed by atoms with E-state index in [9.17, 15) is 19.7 Å². The largest absolute Gasteiger partial charge is 0.465 e. The molecule has 4 rings (SSSR count). The van der Waals surface area contributed by atoms with Crippen LogP contribution in [0.1, 0.15) is 28.3 Å². The second-order valence-electron chi connectivity index (χ2n) is 7.59. The quantitative estimate of drug-likeness (QED) is 0.362. The fourth-order valence-electron chi connectivity index (χ4n) is 3.98. The van der Waals surface area contributed by atoms with Crippen LogP contribution in [-0.4, -0.2) is 22.6 Å². The molecule has 1 aliphatic heterocycles. The number of rotatable bonds is 5. The van der Waals surface area contributed by atoms with Crippen molar-refractivity contribution in [1.82, 2.24) is 4.57 Å². The SMILES string of the molecule is COC(=O)C1=C(N)Oc2cc(C)n(Cc3ccccc3)c(=O)c2C1c1ccc([N+](=O)[O-])cc1. The highest BCUT2D eigenvalue weighted by Crippen LogP contribution is 2.41. The number of nitrogens with zero attached hydrogens (tertiary/aromatic N) is 2. The zero-order valence-electron chi connectivity index (χ0n) is 18.0. The summed E-state index contributed by atoms with van der Waals surface area (Å²) in [5.74, 6) is -1.62. The van der Waals surface area contributed by atoms with Crippen LogP contribution < -0.4 is 16.0 Å². The van der Waals surface area contributed by atoms with Gasteiger partial charge in [-0.2, -0.15) is 0 Å². The number of non-ortho nitro benzene ring substituents is 1. The van der Waals surface area contributed by atoms with Gasteiger partial charge in [0.1, 0.15) is 11.3 Å². The fraction of sp³-hybridized carbons (Fsp3) is 0.167. The van der Waals surface area contributed by atoms with Crippen LogP contribution in [-0.2, 0) is 16.1 Å². The molecule has 0 bridgehead atoms. The van der Waals surface area contributed by atoms with Crippen LogP contribution in [0.4, 0.5) is 5.69 Å². The molecule has 3 aromatic rings. The summed E-state index contributed by atoms with van der Waals surface area (Å²) in [6.45, 7) is 2.10. The van der Waals surface area contributed by atoms with E-state index in [1.807, 2.05) is 30.3 Å². The number of ether oxygens (including phenoxy) is 2. The van der Waals surface area contributed by atoms with Gasteiger partial charge in [-0.25, -0.2) is 4.79 Å². The van der Waals surface area contributed by atoms with Crippen LogP contribution in [0.15, 0.2) is 76.9 Å². The summed E-state index contributed by atoms with van der Waals surface area (Å²) in [4.78, 5) is 36.9. The highest BCUT2D eigenvalue weighted by Gasteiger charge is 2.38. The summed E-state index contributed by atoms with van der Waals surface area (Å²) in [7, 11) is 1.20. The van der Waals surface area contributed by atoms with E-state index in [1.165, 1.54) is 31.4 Å². The topological polar surface area (TPSA) is 127 Å². The first-order valence-corrected chi connectivity index (χ1v) is 10.1. The third-order valence-electron chi connectivity index (χ3n) is 5.60. The number of carbonyl (C=O) groups is 1. The van der Waals surface area contributed by atoms with Crippen molar-refractivity contribution in [2.75, 3.05) is 7.11 Å². The van der Waals surface area contributed by atoms with Gasteiger partial charge in [0.15, 0.2) is 0 Å². The van der Waals surface area contributed by atoms with Gasteiger partial charge >= 0.3 is 5.97 Å². The fourth-order valence-corrected chi connectivity index (χ4v) is 3.98. The highest BCUT2D eigenvalue weighted by molar-refractivity contribution is 5.92. The molecular weight excluding hydrogens is 426 g/mol. The van der Waals surface area contributed by atoms with Crippen LogP contribution in [0, 0.1) is 17.0 Å². The summed E-state index contributed by atoms with van der Waals surface area (Å²) < 4.78 is 12.2. The minimum Gasteiger partial charge on any atom is -0.465 e. The Morgan fingerprint density at radius 3 is 2.45 bits per heavy atom. The van der Waals surface area contributed by atoms with Crippen LogP contribution in [0.2, 0.25) is 0 Å². The van der Waals surface area contributed by atoms with E-state index >= 15 is 0 Å². The molecule has 0 radical (unpaired) electrons. The molecule has 0 saturated heterocycles. The van der Waals surface area contributed by atoms with Gasteiger partial charge in [0.2, 0.25) is 5.88 Å². The molecule has 1 unspecified atom stereocenters. The number of hydrogen-bond donors (Lipinski definition) is 1. The molecule has 0 amide bonds. The predicted molar refractivity (Wildman–Crippen MR) is 120 cm³/mol. The molecule has 2 heterocycles.